The number of likely N-dealkylation sites (N-methyl/N-ethyl adjacent to an activating group) is 1. The van der Waals surface area contributed by atoms with E-state index in [0.29, 0.717) is 0 Å². The van der Waals surface area contributed by atoms with Crippen LogP contribution in [0, 0.1) is 0 Å². The zero-order valence-corrected chi connectivity index (χ0v) is 15.8. The fourth-order valence-corrected chi connectivity index (χ4v) is 2.07. The number of aliphatic imine (C=N–C) groups is 1. The lowest BCUT2D eigenvalue weighted by Crippen LogP contribution is -2.41. The van der Waals surface area contributed by atoms with Gasteiger partial charge < -0.3 is 20.3 Å². The molecular formula is C16H27IN4O. The van der Waals surface area contributed by atoms with Gasteiger partial charge in [-0.25, -0.2) is 0 Å². The van der Waals surface area contributed by atoms with Gasteiger partial charge in [0.25, 0.3) is 0 Å². The van der Waals surface area contributed by atoms with Crippen LogP contribution in [-0.2, 0) is 6.42 Å². The molecule has 1 aliphatic heterocycles. The van der Waals surface area contributed by atoms with Gasteiger partial charge in [-0.3, -0.25) is 4.99 Å². The van der Waals surface area contributed by atoms with Crippen LogP contribution < -0.4 is 15.4 Å². The molecule has 0 spiro atoms. The van der Waals surface area contributed by atoms with Gasteiger partial charge in [0.05, 0.1) is 0 Å². The van der Waals surface area contributed by atoms with Crippen molar-refractivity contribution in [2.75, 3.05) is 46.9 Å². The molecule has 0 fully saturated rings. The van der Waals surface area contributed by atoms with E-state index in [-0.39, 0.29) is 24.0 Å². The highest BCUT2D eigenvalue weighted by molar-refractivity contribution is 14.0. The van der Waals surface area contributed by atoms with Crippen molar-refractivity contribution in [2.24, 2.45) is 4.99 Å². The number of rotatable bonds is 7. The summed E-state index contributed by atoms with van der Waals surface area (Å²) >= 11 is 0. The maximum atomic E-state index is 5.69. The van der Waals surface area contributed by atoms with E-state index in [4.69, 9.17) is 4.74 Å². The molecule has 5 nitrogen and oxygen atoms in total. The van der Waals surface area contributed by atoms with Crippen molar-refractivity contribution in [3.63, 3.8) is 0 Å². The third kappa shape index (κ3) is 7.31. The first kappa shape index (κ1) is 19.0. The molecule has 2 rings (SSSR count). The van der Waals surface area contributed by atoms with E-state index in [0.717, 1.165) is 57.3 Å². The van der Waals surface area contributed by atoms with Gasteiger partial charge in [-0.2, -0.15) is 0 Å². The molecule has 1 aromatic rings. The molecule has 1 aromatic carbocycles. The number of halogens is 1. The molecule has 0 saturated heterocycles. The molecule has 0 atom stereocenters. The van der Waals surface area contributed by atoms with Gasteiger partial charge in [0, 0.05) is 26.2 Å². The van der Waals surface area contributed by atoms with Crippen LogP contribution in [0.3, 0.4) is 0 Å². The molecule has 0 bridgehead atoms. The average Bonchev–Trinajstić information content (AvgIpc) is 2.50. The largest absolute Gasteiger partial charge is 0.492 e. The number of guanidine groups is 1. The third-order valence-corrected chi connectivity index (χ3v) is 3.33. The summed E-state index contributed by atoms with van der Waals surface area (Å²) in [7, 11) is 4.09. The summed E-state index contributed by atoms with van der Waals surface area (Å²) in [6, 6.07) is 8.34. The van der Waals surface area contributed by atoms with Gasteiger partial charge in [0.1, 0.15) is 12.4 Å². The monoisotopic (exact) mass is 418 g/mol. The SMILES string of the molecule is CN(C)CCOc1ccc(CCNC2=NCCCN2)cc1.I. The molecule has 22 heavy (non-hydrogen) atoms. The normalized spacial score (nSPS) is 13.9. The van der Waals surface area contributed by atoms with Crippen LogP contribution in [0.2, 0.25) is 0 Å². The molecule has 0 aliphatic carbocycles. The highest BCUT2D eigenvalue weighted by atomic mass is 127. The number of benzene rings is 1. The van der Waals surface area contributed by atoms with Crippen molar-refractivity contribution in [3.05, 3.63) is 29.8 Å². The number of hydrogen-bond acceptors (Lipinski definition) is 5. The minimum absolute atomic E-state index is 0. The lowest BCUT2D eigenvalue weighted by atomic mass is 10.1. The standard InChI is InChI=1S/C16H26N4O.HI/c1-20(2)12-13-21-15-6-4-14(5-7-15)8-11-19-16-17-9-3-10-18-16;/h4-7H,3,8-13H2,1-2H3,(H2,17,18,19);1H. The van der Waals surface area contributed by atoms with Crippen molar-refractivity contribution < 1.29 is 4.74 Å². The molecule has 0 unspecified atom stereocenters. The van der Waals surface area contributed by atoms with Gasteiger partial charge in [-0.1, -0.05) is 12.1 Å². The first-order valence-electron chi connectivity index (χ1n) is 7.63. The summed E-state index contributed by atoms with van der Waals surface area (Å²) in [6.07, 6.45) is 2.11. The number of nitrogens with one attached hydrogen (secondary N) is 2. The van der Waals surface area contributed by atoms with E-state index >= 15 is 0 Å². The van der Waals surface area contributed by atoms with Gasteiger partial charge >= 0.3 is 0 Å². The number of hydrogen-bond donors (Lipinski definition) is 2. The Hall–Kier alpha value is -1.02. The Kier molecular flexibility index (Phi) is 9.22. The van der Waals surface area contributed by atoms with E-state index in [9.17, 15) is 0 Å². The molecule has 0 radical (unpaired) electrons. The van der Waals surface area contributed by atoms with E-state index in [1.807, 2.05) is 26.2 Å². The Balaban J connectivity index is 0.00000242. The van der Waals surface area contributed by atoms with Gasteiger partial charge in [-0.05, 0) is 44.6 Å². The third-order valence-electron chi connectivity index (χ3n) is 3.33. The topological polar surface area (TPSA) is 48.9 Å². The van der Waals surface area contributed by atoms with Crippen LogP contribution >= 0.6 is 24.0 Å². The summed E-state index contributed by atoms with van der Waals surface area (Å²) < 4.78 is 5.69. The smallest absolute Gasteiger partial charge is 0.191 e. The average molecular weight is 418 g/mol. The van der Waals surface area contributed by atoms with Gasteiger partial charge in [0.2, 0.25) is 0 Å². The van der Waals surface area contributed by atoms with Crippen LogP contribution in [0.25, 0.3) is 0 Å². The van der Waals surface area contributed by atoms with Crippen molar-refractivity contribution >= 4 is 29.9 Å². The second kappa shape index (κ2) is 10.7. The highest BCUT2D eigenvalue weighted by Crippen LogP contribution is 2.12. The molecule has 1 aliphatic rings. The summed E-state index contributed by atoms with van der Waals surface area (Å²) in [6.45, 7) is 4.49. The zero-order valence-electron chi connectivity index (χ0n) is 13.5. The molecular weight excluding hydrogens is 391 g/mol. The van der Waals surface area contributed by atoms with Crippen molar-refractivity contribution in [1.29, 1.82) is 0 Å². The zero-order chi connectivity index (χ0) is 14.9. The quantitative estimate of drug-likeness (QED) is 0.663. The fraction of sp³-hybridized carbons (Fsp3) is 0.562. The maximum Gasteiger partial charge on any atom is 0.191 e. The summed E-state index contributed by atoms with van der Waals surface area (Å²) in [5, 5.41) is 6.60. The van der Waals surface area contributed by atoms with Crippen molar-refractivity contribution in [3.8, 4) is 5.75 Å². The lowest BCUT2D eigenvalue weighted by Gasteiger charge is -2.16. The fourth-order valence-electron chi connectivity index (χ4n) is 2.07. The molecule has 0 amide bonds. The predicted octanol–water partition coefficient (Wildman–Crippen LogP) is 1.73. The first-order valence-corrected chi connectivity index (χ1v) is 7.63. The summed E-state index contributed by atoms with van der Waals surface area (Å²) in [5.74, 6) is 1.87. The number of ether oxygens (including phenoxy) is 1. The predicted molar refractivity (Wildman–Crippen MR) is 103 cm³/mol. The molecule has 0 aromatic heterocycles. The Labute approximate surface area is 150 Å². The van der Waals surface area contributed by atoms with Crippen LogP contribution in [-0.4, -0.2) is 57.7 Å². The molecule has 124 valence electrons. The Morgan fingerprint density at radius 1 is 1.27 bits per heavy atom. The van der Waals surface area contributed by atoms with E-state index in [2.05, 4.69) is 32.7 Å². The number of nitrogens with zero attached hydrogens (tertiary/aromatic N) is 2. The van der Waals surface area contributed by atoms with E-state index < -0.39 is 0 Å². The van der Waals surface area contributed by atoms with Crippen LogP contribution in [0.4, 0.5) is 0 Å². The molecule has 1 heterocycles. The second-order valence-corrected chi connectivity index (χ2v) is 5.48. The van der Waals surface area contributed by atoms with E-state index in [1.165, 1.54) is 5.56 Å². The maximum absolute atomic E-state index is 5.69. The van der Waals surface area contributed by atoms with Crippen molar-refractivity contribution in [1.82, 2.24) is 15.5 Å². The second-order valence-electron chi connectivity index (χ2n) is 5.48. The van der Waals surface area contributed by atoms with Crippen molar-refractivity contribution in [2.45, 2.75) is 12.8 Å². The highest BCUT2D eigenvalue weighted by Gasteiger charge is 2.02. The summed E-state index contributed by atoms with van der Waals surface area (Å²) in [4.78, 5) is 6.51. The molecule has 2 N–H and O–H groups in total. The Morgan fingerprint density at radius 3 is 2.68 bits per heavy atom. The summed E-state index contributed by atoms with van der Waals surface area (Å²) in [5.41, 5.74) is 1.30. The minimum atomic E-state index is 0. The first-order chi connectivity index (χ1) is 10.2. The van der Waals surface area contributed by atoms with Crippen LogP contribution in [0.1, 0.15) is 12.0 Å². The van der Waals surface area contributed by atoms with Gasteiger partial charge in [-0.15, -0.1) is 24.0 Å². The van der Waals surface area contributed by atoms with Crippen LogP contribution in [0.5, 0.6) is 5.75 Å². The molecule has 0 saturated carbocycles. The molecule has 6 heteroatoms. The van der Waals surface area contributed by atoms with Crippen LogP contribution in [0.15, 0.2) is 29.3 Å². The lowest BCUT2D eigenvalue weighted by molar-refractivity contribution is 0.261. The van der Waals surface area contributed by atoms with Gasteiger partial charge in [0.15, 0.2) is 5.96 Å². The Bertz CT molecular complexity index is 448. The Morgan fingerprint density at radius 2 is 2.05 bits per heavy atom. The van der Waals surface area contributed by atoms with E-state index in [1.54, 1.807) is 0 Å². The minimum Gasteiger partial charge on any atom is -0.492 e.